The SMILES string of the molecule is C[C@H](CO)N1C[C@H](C)[C@@H](CN(C)S(=O)(=O)c2ccc(F)cc2)Oc2ccc(NC(=O)Nc3ccc(F)cc3)cc2C1=O. The number of halogens is 2. The van der Waals surface area contributed by atoms with E-state index in [1.165, 1.54) is 66.5 Å². The number of anilines is 2. The first-order valence-electron chi connectivity index (χ1n) is 13.2. The number of hydrogen-bond acceptors (Lipinski definition) is 6. The van der Waals surface area contributed by atoms with E-state index in [-0.39, 0.29) is 47.5 Å². The molecule has 3 aromatic rings. The van der Waals surface area contributed by atoms with Gasteiger partial charge in [-0.1, -0.05) is 6.92 Å². The third-order valence-electron chi connectivity index (χ3n) is 6.98. The van der Waals surface area contributed by atoms with E-state index in [1.807, 2.05) is 6.92 Å². The molecule has 3 N–H and O–H groups in total. The number of aliphatic hydroxyl groups is 1. The maximum absolute atomic E-state index is 13.6. The number of rotatable bonds is 8. The number of fused-ring (bicyclic) bond motifs is 1. The molecule has 42 heavy (non-hydrogen) atoms. The van der Waals surface area contributed by atoms with Crippen LogP contribution >= 0.6 is 0 Å². The van der Waals surface area contributed by atoms with Crippen molar-refractivity contribution in [2.75, 3.05) is 37.4 Å². The molecule has 4 rings (SSSR count). The second-order valence-electron chi connectivity index (χ2n) is 10.2. The molecule has 0 aromatic heterocycles. The summed E-state index contributed by atoms with van der Waals surface area (Å²) < 4.78 is 60.2. The number of sulfonamides is 1. The number of benzene rings is 3. The Labute approximate surface area is 242 Å². The smallest absolute Gasteiger partial charge is 0.323 e. The fourth-order valence-electron chi connectivity index (χ4n) is 4.48. The highest BCUT2D eigenvalue weighted by molar-refractivity contribution is 7.89. The van der Waals surface area contributed by atoms with Crippen molar-refractivity contribution in [2.45, 2.75) is 30.9 Å². The molecule has 3 atom stereocenters. The van der Waals surface area contributed by atoms with Gasteiger partial charge < -0.3 is 25.4 Å². The lowest BCUT2D eigenvalue weighted by Gasteiger charge is -2.38. The van der Waals surface area contributed by atoms with Gasteiger partial charge >= 0.3 is 6.03 Å². The zero-order valence-corrected chi connectivity index (χ0v) is 24.1. The lowest BCUT2D eigenvalue weighted by Crippen LogP contribution is -2.50. The molecule has 224 valence electrons. The number of ether oxygens (including phenoxy) is 1. The standard InChI is InChI=1S/C29H32F2N4O6S/c1-18-15-35(19(2)17-36)28(37)25-14-23(33-29(38)32-22-8-4-20(30)5-9-22)10-13-26(25)41-27(18)16-34(3)42(39,40)24-11-6-21(31)7-12-24/h4-14,18-19,27,36H,15-17H2,1-3H3,(H2,32,33,38)/t18-,19+,27+/m0/s1. The van der Waals surface area contributed by atoms with Crippen LogP contribution in [0.15, 0.2) is 71.6 Å². The van der Waals surface area contributed by atoms with Crippen LogP contribution in [0.5, 0.6) is 5.75 Å². The van der Waals surface area contributed by atoms with Crippen molar-refractivity contribution in [3.05, 3.63) is 83.9 Å². The molecular formula is C29H32F2N4O6S. The third kappa shape index (κ3) is 7.04. The minimum absolute atomic E-state index is 0.0781. The van der Waals surface area contributed by atoms with Crippen LogP contribution in [0.3, 0.4) is 0 Å². The van der Waals surface area contributed by atoms with Gasteiger partial charge in [-0.3, -0.25) is 4.79 Å². The molecule has 0 fully saturated rings. The van der Waals surface area contributed by atoms with E-state index in [9.17, 15) is 31.9 Å². The first kappa shape index (κ1) is 30.9. The van der Waals surface area contributed by atoms with Crippen LogP contribution in [0, 0.1) is 17.6 Å². The van der Waals surface area contributed by atoms with Crippen LogP contribution in [-0.4, -0.2) is 73.6 Å². The number of amides is 3. The number of aliphatic hydroxyl groups excluding tert-OH is 1. The first-order chi connectivity index (χ1) is 19.9. The number of nitrogens with one attached hydrogen (secondary N) is 2. The molecule has 0 saturated carbocycles. The maximum atomic E-state index is 13.6. The molecule has 3 amide bonds. The molecular weight excluding hydrogens is 570 g/mol. The topological polar surface area (TPSA) is 128 Å². The summed E-state index contributed by atoms with van der Waals surface area (Å²) >= 11 is 0. The lowest BCUT2D eigenvalue weighted by atomic mass is 9.99. The maximum Gasteiger partial charge on any atom is 0.323 e. The molecule has 0 aliphatic carbocycles. The Morgan fingerprint density at radius 3 is 2.24 bits per heavy atom. The molecule has 10 nitrogen and oxygen atoms in total. The van der Waals surface area contributed by atoms with E-state index in [2.05, 4.69) is 10.6 Å². The molecule has 13 heteroatoms. The Morgan fingerprint density at radius 1 is 1.05 bits per heavy atom. The summed E-state index contributed by atoms with van der Waals surface area (Å²) in [5.41, 5.74) is 0.734. The first-order valence-corrected chi connectivity index (χ1v) is 14.6. The largest absolute Gasteiger partial charge is 0.488 e. The van der Waals surface area contributed by atoms with E-state index in [0.29, 0.717) is 5.69 Å². The van der Waals surface area contributed by atoms with Gasteiger partial charge in [-0.15, -0.1) is 0 Å². The summed E-state index contributed by atoms with van der Waals surface area (Å²) in [5, 5.41) is 15.1. The van der Waals surface area contributed by atoms with Crippen LogP contribution < -0.4 is 15.4 Å². The van der Waals surface area contributed by atoms with Gasteiger partial charge in [0, 0.05) is 30.9 Å². The van der Waals surface area contributed by atoms with Crippen molar-refractivity contribution in [3.63, 3.8) is 0 Å². The summed E-state index contributed by atoms with van der Waals surface area (Å²) in [5.74, 6) is -1.64. The minimum atomic E-state index is -3.98. The van der Waals surface area contributed by atoms with Gasteiger partial charge in [-0.2, -0.15) is 4.31 Å². The molecule has 1 aliphatic heterocycles. The Balaban J connectivity index is 1.61. The zero-order chi connectivity index (χ0) is 30.6. The molecule has 1 heterocycles. The number of urea groups is 1. The predicted octanol–water partition coefficient (Wildman–Crippen LogP) is 4.15. The number of hydrogen-bond donors (Lipinski definition) is 3. The Morgan fingerprint density at radius 2 is 1.62 bits per heavy atom. The Kier molecular flexibility index (Phi) is 9.44. The van der Waals surface area contributed by atoms with Gasteiger partial charge in [-0.25, -0.2) is 22.0 Å². The normalized spacial score (nSPS) is 18.0. The highest BCUT2D eigenvalue weighted by Crippen LogP contribution is 2.31. The predicted molar refractivity (Wildman–Crippen MR) is 153 cm³/mol. The molecule has 0 saturated heterocycles. The average molecular weight is 603 g/mol. The average Bonchev–Trinajstić information content (AvgIpc) is 2.96. The summed E-state index contributed by atoms with van der Waals surface area (Å²) in [4.78, 5) is 27.6. The summed E-state index contributed by atoms with van der Waals surface area (Å²) in [6.45, 7) is 3.25. The van der Waals surface area contributed by atoms with E-state index in [4.69, 9.17) is 4.74 Å². The number of likely N-dealkylation sites (N-methyl/N-ethyl adjacent to an activating group) is 1. The molecule has 0 unspecified atom stereocenters. The second-order valence-corrected chi connectivity index (χ2v) is 12.2. The molecule has 3 aromatic carbocycles. The Hall–Kier alpha value is -4.07. The summed E-state index contributed by atoms with van der Waals surface area (Å²) in [6, 6.07) is 13.0. The Bertz CT molecular complexity index is 1540. The van der Waals surface area contributed by atoms with Crippen LogP contribution in [0.25, 0.3) is 0 Å². The van der Waals surface area contributed by atoms with Gasteiger partial charge in [0.2, 0.25) is 10.0 Å². The van der Waals surface area contributed by atoms with Gasteiger partial charge in [0.1, 0.15) is 23.5 Å². The minimum Gasteiger partial charge on any atom is -0.488 e. The third-order valence-corrected chi connectivity index (χ3v) is 8.82. The van der Waals surface area contributed by atoms with Crippen LogP contribution in [0.2, 0.25) is 0 Å². The summed E-state index contributed by atoms with van der Waals surface area (Å²) in [6.07, 6.45) is -0.717. The number of carbonyl (C=O) groups is 2. The van der Waals surface area contributed by atoms with Gasteiger partial charge in [0.25, 0.3) is 5.91 Å². The van der Waals surface area contributed by atoms with Gasteiger partial charge in [0.05, 0.1) is 29.7 Å². The van der Waals surface area contributed by atoms with Crippen molar-refractivity contribution in [1.82, 2.24) is 9.21 Å². The molecule has 0 bridgehead atoms. The lowest BCUT2D eigenvalue weighted by molar-refractivity contribution is 0.0387. The highest BCUT2D eigenvalue weighted by atomic mass is 32.2. The van der Waals surface area contributed by atoms with Crippen molar-refractivity contribution < 1.29 is 36.6 Å². The number of nitrogens with zero attached hydrogens (tertiary/aromatic N) is 2. The number of carbonyl (C=O) groups excluding carboxylic acids is 2. The van der Waals surface area contributed by atoms with Crippen molar-refractivity contribution in [3.8, 4) is 5.75 Å². The monoisotopic (exact) mass is 602 g/mol. The van der Waals surface area contributed by atoms with Gasteiger partial charge in [0.15, 0.2) is 0 Å². The van der Waals surface area contributed by atoms with E-state index < -0.39 is 45.7 Å². The summed E-state index contributed by atoms with van der Waals surface area (Å²) in [7, 11) is -2.59. The van der Waals surface area contributed by atoms with Crippen LogP contribution in [-0.2, 0) is 10.0 Å². The fraction of sp³-hybridized carbons (Fsp3) is 0.310. The van der Waals surface area contributed by atoms with Crippen molar-refractivity contribution in [2.24, 2.45) is 5.92 Å². The highest BCUT2D eigenvalue weighted by Gasteiger charge is 2.35. The zero-order valence-electron chi connectivity index (χ0n) is 23.3. The molecule has 1 aliphatic rings. The van der Waals surface area contributed by atoms with Crippen LogP contribution in [0.4, 0.5) is 25.0 Å². The van der Waals surface area contributed by atoms with E-state index >= 15 is 0 Å². The van der Waals surface area contributed by atoms with E-state index in [1.54, 1.807) is 6.92 Å². The van der Waals surface area contributed by atoms with E-state index in [0.717, 1.165) is 16.4 Å². The molecule has 0 radical (unpaired) electrons. The van der Waals surface area contributed by atoms with Gasteiger partial charge in [-0.05, 0) is 73.7 Å². The fourth-order valence-corrected chi connectivity index (χ4v) is 5.67. The van der Waals surface area contributed by atoms with Crippen molar-refractivity contribution in [1.29, 1.82) is 0 Å². The van der Waals surface area contributed by atoms with Crippen molar-refractivity contribution >= 4 is 33.3 Å². The molecule has 0 spiro atoms. The van der Waals surface area contributed by atoms with Crippen LogP contribution in [0.1, 0.15) is 24.2 Å². The second kappa shape index (κ2) is 12.8. The quantitative estimate of drug-likeness (QED) is 0.356.